The van der Waals surface area contributed by atoms with Gasteiger partial charge in [0, 0.05) is 30.0 Å². The highest BCUT2D eigenvalue weighted by Gasteiger charge is 2.17. The van der Waals surface area contributed by atoms with E-state index in [9.17, 15) is 0 Å². The summed E-state index contributed by atoms with van der Waals surface area (Å²) in [6, 6.07) is 4.20. The lowest BCUT2D eigenvalue weighted by atomic mass is 10.1. The molecule has 1 aliphatic heterocycles. The Bertz CT molecular complexity index is 581. The van der Waals surface area contributed by atoms with Gasteiger partial charge in [-0.1, -0.05) is 15.9 Å². The molecule has 0 aliphatic carbocycles. The van der Waals surface area contributed by atoms with E-state index in [0.717, 1.165) is 34.8 Å². The molecule has 94 valence electrons. The predicted octanol–water partition coefficient (Wildman–Crippen LogP) is 2.12. The topological polar surface area (TPSA) is 52.0 Å². The van der Waals surface area contributed by atoms with E-state index in [0.29, 0.717) is 6.54 Å². The molecule has 0 amide bonds. The molecule has 0 fully saturated rings. The van der Waals surface area contributed by atoms with Crippen molar-refractivity contribution in [2.75, 3.05) is 11.9 Å². The molecule has 0 unspecified atom stereocenters. The monoisotopic (exact) mass is 308 g/mol. The number of nitrogens with zero attached hydrogens (tertiary/aromatic N) is 3. The predicted molar refractivity (Wildman–Crippen MR) is 71.7 cm³/mol. The standard InChI is InChI=1S/C12H13BrN4O/c1-17-12(15-7-16-17)14-6-9-5-10(13)4-8-2-3-18-11(8)9/h4-5,7H,2-3,6H2,1H3,(H,14,15,16). The van der Waals surface area contributed by atoms with E-state index in [2.05, 4.69) is 43.5 Å². The number of aromatic nitrogens is 3. The number of rotatable bonds is 3. The minimum atomic E-state index is 0.675. The van der Waals surface area contributed by atoms with Crippen LogP contribution in [0.5, 0.6) is 5.75 Å². The molecular formula is C12H13BrN4O. The third-order valence-corrected chi connectivity index (χ3v) is 3.43. The average molecular weight is 309 g/mol. The summed E-state index contributed by atoms with van der Waals surface area (Å²) < 4.78 is 8.47. The highest BCUT2D eigenvalue weighted by Crippen LogP contribution is 2.33. The molecule has 5 nitrogen and oxygen atoms in total. The first-order valence-electron chi connectivity index (χ1n) is 5.76. The number of hydrogen-bond donors (Lipinski definition) is 1. The van der Waals surface area contributed by atoms with Crippen molar-refractivity contribution in [3.63, 3.8) is 0 Å². The van der Waals surface area contributed by atoms with Crippen molar-refractivity contribution in [2.24, 2.45) is 7.05 Å². The lowest BCUT2D eigenvalue weighted by Crippen LogP contribution is -2.06. The van der Waals surface area contributed by atoms with E-state index in [1.165, 1.54) is 11.9 Å². The molecule has 0 atom stereocenters. The normalized spacial score (nSPS) is 13.2. The number of fused-ring (bicyclic) bond motifs is 1. The number of ether oxygens (including phenoxy) is 1. The third-order valence-electron chi connectivity index (χ3n) is 2.97. The summed E-state index contributed by atoms with van der Waals surface area (Å²) in [5, 5.41) is 7.28. The molecule has 0 bridgehead atoms. The number of anilines is 1. The summed E-state index contributed by atoms with van der Waals surface area (Å²) >= 11 is 3.53. The van der Waals surface area contributed by atoms with Gasteiger partial charge in [0.25, 0.3) is 0 Å². The van der Waals surface area contributed by atoms with Crippen LogP contribution in [0.25, 0.3) is 0 Å². The van der Waals surface area contributed by atoms with Crippen LogP contribution in [0.4, 0.5) is 5.95 Å². The maximum atomic E-state index is 5.68. The number of nitrogens with one attached hydrogen (secondary N) is 1. The highest BCUT2D eigenvalue weighted by atomic mass is 79.9. The Balaban J connectivity index is 1.83. The van der Waals surface area contributed by atoms with Gasteiger partial charge in [-0.25, -0.2) is 4.68 Å². The number of halogens is 1. The molecule has 0 saturated carbocycles. The van der Waals surface area contributed by atoms with Crippen LogP contribution in [0.3, 0.4) is 0 Å². The smallest absolute Gasteiger partial charge is 0.221 e. The molecule has 3 rings (SSSR count). The molecule has 1 aromatic heterocycles. The third kappa shape index (κ3) is 2.08. The lowest BCUT2D eigenvalue weighted by molar-refractivity contribution is 0.354. The molecule has 0 radical (unpaired) electrons. The van der Waals surface area contributed by atoms with Crippen molar-refractivity contribution in [1.82, 2.24) is 14.8 Å². The zero-order valence-electron chi connectivity index (χ0n) is 9.98. The van der Waals surface area contributed by atoms with Crippen molar-refractivity contribution in [1.29, 1.82) is 0 Å². The summed E-state index contributed by atoms with van der Waals surface area (Å²) in [6.07, 6.45) is 2.51. The summed E-state index contributed by atoms with van der Waals surface area (Å²) in [6.45, 7) is 1.44. The average Bonchev–Trinajstić information content (AvgIpc) is 2.94. The van der Waals surface area contributed by atoms with Gasteiger partial charge >= 0.3 is 0 Å². The van der Waals surface area contributed by atoms with Crippen LogP contribution in [-0.2, 0) is 20.0 Å². The molecule has 0 spiro atoms. The summed E-state index contributed by atoms with van der Waals surface area (Å²) in [5.74, 6) is 1.76. The minimum Gasteiger partial charge on any atom is -0.493 e. The van der Waals surface area contributed by atoms with Crippen molar-refractivity contribution >= 4 is 21.9 Å². The summed E-state index contributed by atoms with van der Waals surface area (Å²) in [4.78, 5) is 4.14. The lowest BCUT2D eigenvalue weighted by Gasteiger charge is -2.10. The first kappa shape index (κ1) is 11.5. The van der Waals surface area contributed by atoms with E-state index in [1.807, 2.05) is 7.05 Å². The minimum absolute atomic E-state index is 0.675. The molecule has 1 aliphatic rings. The van der Waals surface area contributed by atoms with Crippen molar-refractivity contribution in [2.45, 2.75) is 13.0 Å². The van der Waals surface area contributed by atoms with Gasteiger partial charge in [0.2, 0.25) is 5.95 Å². The highest BCUT2D eigenvalue weighted by molar-refractivity contribution is 9.10. The van der Waals surface area contributed by atoms with Gasteiger partial charge in [-0.15, -0.1) is 0 Å². The van der Waals surface area contributed by atoms with Crippen LogP contribution in [0, 0.1) is 0 Å². The van der Waals surface area contributed by atoms with Crippen LogP contribution < -0.4 is 10.1 Å². The van der Waals surface area contributed by atoms with Gasteiger partial charge in [0.05, 0.1) is 6.61 Å². The van der Waals surface area contributed by atoms with E-state index in [4.69, 9.17) is 4.74 Å². The summed E-state index contributed by atoms with van der Waals surface area (Å²) in [7, 11) is 1.86. The first-order chi connectivity index (χ1) is 8.74. The Morgan fingerprint density at radius 2 is 2.39 bits per heavy atom. The van der Waals surface area contributed by atoms with Gasteiger partial charge in [-0.05, 0) is 17.7 Å². The zero-order chi connectivity index (χ0) is 12.5. The molecule has 2 heterocycles. The van der Waals surface area contributed by atoms with Crippen LogP contribution >= 0.6 is 15.9 Å². The molecule has 2 aromatic rings. The van der Waals surface area contributed by atoms with Crippen molar-refractivity contribution in [3.8, 4) is 5.75 Å². The summed E-state index contributed by atoms with van der Waals surface area (Å²) in [5.41, 5.74) is 2.40. The van der Waals surface area contributed by atoms with Gasteiger partial charge < -0.3 is 10.1 Å². The Morgan fingerprint density at radius 3 is 3.17 bits per heavy atom. The maximum Gasteiger partial charge on any atom is 0.221 e. The van der Waals surface area contributed by atoms with Crippen LogP contribution in [0.15, 0.2) is 22.9 Å². The molecule has 0 saturated heterocycles. The van der Waals surface area contributed by atoms with Crippen molar-refractivity contribution in [3.05, 3.63) is 34.1 Å². The molecular weight excluding hydrogens is 296 g/mol. The molecule has 1 aromatic carbocycles. The van der Waals surface area contributed by atoms with E-state index >= 15 is 0 Å². The van der Waals surface area contributed by atoms with E-state index in [-0.39, 0.29) is 0 Å². The molecule has 1 N–H and O–H groups in total. The number of aryl methyl sites for hydroxylation is 1. The fourth-order valence-electron chi connectivity index (χ4n) is 2.11. The fraction of sp³-hybridized carbons (Fsp3) is 0.333. The SMILES string of the molecule is Cn1ncnc1NCc1cc(Br)cc2c1OCC2. The van der Waals surface area contributed by atoms with Crippen molar-refractivity contribution < 1.29 is 4.74 Å². The van der Waals surface area contributed by atoms with E-state index < -0.39 is 0 Å². The second-order valence-electron chi connectivity index (χ2n) is 4.21. The van der Waals surface area contributed by atoms with Crippen LogP contribution in [0.2, 0.25) is 0 Å². The Morgan fingerprint density at radius 1 is 1.50 bits per heavy atom. The Hall–Kier alpha value is -1.56. The van der Waals surface area contributed by atoms with Crippen LogP contribution in [-0.4, -0.2) is 21.4 Å². The maximum absolute atomic E-state index is 5.68. The fourth-order valence-corrected chi connectivity index (χ4v) is 2.66. The van der Waals surface area contributed by atoms with Crippen LogP contribution in [0.1, 0.15) is 11.1 Å². The van der Waals surface area contributed by atoms with Gasteiger partial charge in [0.15, 0.2) is 0 Å². The first-order valence-corrected chi connectivity index (χ1v) is 6.55. The van der Waals surface area contributed by atoms with Gasteiger partial charge in [-0.3, -0.25) is 0 Å². The molecule has 18 heavy (non-hydrogen) atoms. The Labute approximate surface area is 113 Å². The van der Waals surface area contributed by atoms with Gasteiger partial charge in [-0.2, -0.15) is 10.1 Å². The second kappa shape index (κ2) is 4.61. The number of hydrogen-bond acceptors (Lipinski definition) is 4. The number of benzene rings is 1. The largest absolute Gasteiger partial charge is 0.493 e. The Kier molecular flexibility index (Phi) is 2.95. The second-order valence-corrected chi connectivity index (χ2v) is 5.13. The van der Waals surface area contributed by atoms with E-state index in [1.54, 1.807) is 4.68 Å². The molecule has 6 heteroatoms. The quantitative estimate of drug-likeness (QED) is 0.943. The van der Waals surface area contributed by atoms with Gasteiger partial charge in [0.1, 0.15) is 12.1 Å². The zero-order valence-corrected chi connectivity index (χ0v) is 11.6.